The Morgan fingerprint density at radius 1 is 1.09 bits per heavy atom. The van der Waals surface area contributed by atoms with Crippen LogP contribution in [-0.2, 0) is 17.8 Å². The van der Waals surface area contributed by atoms with Crippen LogP contribution < -0.4 is 5.32 Å². The molecule has 1 aromatic heterocycles. The van der Waals surface area contributed by atoms with Crippen molar-refractivity contribution in [1.82, 2.24) is 10.2 Å². The molecule has 1 atom stereocenters. The van der Waals surface area contributed by atoms with Crippen molar-refractivity contribution in [3.05, 3.63) is 97.7 Å². The van der Waals surface area contributed by atoms with Gasteiger partial charge in [0.05, 0.1) is 11.5 Å². The minimum absolute atomic E-state index is 0.142. The number of nitrogens with zero attached hydrogens (tertiary/aromatic N) is 2. The van der Waals surface area contributed by atoms with Crippen LogP contribution in [0.4, 0.5) is 5.69 Å². The first-order valence-corrected chi connectivity index (χ1v) is 11.1. The lowest BCUT2D eigenvalue weighted by Gasteiger charge is -2.26. The number of nitrogens with one attached hydrogen (secondary N) is 1. The molecular weight excluding hydrogens is 426 g/mol. The topological polar surface area (TPSA) is 92.6 Å². The Morgan fingerprint density at radius 3 is 2.50 bits per heavy atom. The highest BCUT2D eigenvalue weighted by Crippen LogP contribution is 2.18. The summed E-state index contributed by atoms with van der Waals surface area (Å²) in [7, 11) is 0. The minimum Gasteiger partial charge on any atom is -0.341 e. The van der Waals surface area contributed by atoms with E-state index in [1.807, 2.05) is 49.4 Å². The van der Waals surface area contributed by atoms with Gasteiger partial charge < -0.3 is 10.2 Å². The van der Waals surface area contributed by atoms with Crippen LogP contribution in [0.3, 0.4) is 0 Å². The van der Waals surface area contributed by atoms with Crippen molar-refractivity contribution in [1.29, 1.82) is 0 Å². The quantitative estimate of drug-likeness (QED) is 0.387. The van der Waals surface area contributed by atoms with Crippen molar-refractivity contribution < 1.29 is 14.5 Å². The largest absolute Gasteiger partial charge is 0.341 e. The van der Waals surface area contributed by atoms with E-state index in [2.05, 4.69) is 5.32 Å². The Kier molecular flexibility index (Phi) is 7.72. The maximum absolute atomic E-state index is 13.2. The van der Waals surface area contributed by atoms with Crippen molar-refractivity contribution in [2.45, 2.75) is 32.9 Å². The van der Waals surface area contributed by atoms with Gasteiger partial charge >= 0.3 is 0 Å². The zero-order chi connectivity index (χ0) is 23.1. The minimum atomic E-state index is -0.779. The molecule has 0 fully saturated rings. The van der Waals surface area contributed by atoms with Gasteiger partial charge in [0, 0.05) is 34.0 Å². The number of carbonyl (C=O) groups is 2. The van der Waals surface area contributed by atoms with Crippen LogP contribution in [0.5, 0.6) is 0 Å². The Morgan fingerprint density at radius 2 is 1.84 bits per heavy atom. The molecule has 0 radical (unpaired) electrons. The lowest BCUT2D eigenvalue weighted by atomic mass is 10.1. The molecule has 0 bridgehead atoms. The molecule has 0 aliphatic rings. The van der Waals surface area contributed by atoms with Gasteiger partial charge in [-0.25, -0.2) is 0 Å². The maximum Gasteiger partial charge on any atom is 0.270 e. The fourth-order valence-electron chi connectivity index (χ4n) is 3.31. The molecule has 3 rings (SSSR count). The Labute approximate surface area is 190 Å². The SMILES string of the molecule is Cc1ccc(CN(CCc2ccccc2)C(=O)C(C)NC(=O)c2cccc([N+](=O)[O-])c2)s1. The molecule has 0 aliphatic carbocycles. The third kappa shape index (κ3) is 6.24. The average molecular weight is 452 g/mol. The molecular formula is C24H25N3O4S. The Hall–Kier alpha value is -3.52. The van der Waals surface area contributed by atoms with Crippen molar-refractivity contribution >= 4 is 28.8 Å². The predicted octanol–water partition coefficient (Wildman–Crippen LogP) is 4.35. The fourth-order valence-corrected chi connectivity index (χ4v) is 4.22. The molecule has 0 aliphatic heterocycles. The summed E-state index contributed by atoms with van der Waals surface area (Å²) in [6.07, 6.45) is 0.697. The number of amides is 2. The standard InChI is InChI=1S/C24H25N3O4S/c1-17-11-12-22(32-17)16-26(14-13-19-7-4-3-5-8-19)24(29)18(2)25-23(28)20-9-6-10-21(15-20)27(30)31/h3-12,15,18H,13-14,16H2,1-2H3,(H,25,28). The van der Waals surface area contributed by atoms with Gasteiger partial charge in [-0.1, -0.05) is 36.4 Å². The molecule has 1 unspecified atom stereocenters. The van der Waals surface area contributed by atoms with Crippen LogP contribution in [0, 0.1) is 17.0 Å². The summed E-state index contributed by atoms with van der Waals surface area (Å²) in [5.74, 6) is -0.727. The zero-order valence-corrected chi connectivity index (χ0v) is 18.8. The van der Waals surface area contributed by atoms with Crippen LogP contribution in [0.25, 0.3) is 0 Å². The second kappa shape index (κ2) is 10.7. The maximum atomic E-state index is 13.2. The van der Waals surface area contributed by atoms with E-state index in [0.717, 1.165) is 10.4 Å². The van der Waals surface area contributed by atoms with Gasteiger partial charge in [0.2, 0.25) is 5.91 Å². The van der Waals surface area contributed by atoms with Gasteiger partial charge in [0.1, 0.15) is 6.04 Å². The molecule has 8 heteroatoms. The molecule has 2 aromatic carbocycles. The molecule has 166 valence electrons. The van der Waals surface area contributed by atoms with Crippen LogP contribution in [0.15, 0.2) is 66.7 Å². The van der Waals surface area contributed by atoms with E-state index < -0.39 is 16.9 Å². The van der Waals surface area contributed by atoms with Crippen LogP contribution >= 0.6 is 11.3 Å². The van der Waals surface area contributed by atoms with Gasteiger partial charge in [-0.15, -0.1) is 11.3 Å². The highest BCUT2D eigenvalue weighted by molar-refractivity contribution is 7.11. The molecule has 3 aromatic rings. The highest BCUT2D eigenvalue weighted by atomic mass is 32.1. The summed E-state index contributed by atoms with van der Waals surface area (Å²) >= 11 is 1.64. The number of thiophene rings is 1. The number of hydrogen-bond donors (Lipinski definition) is 1. The summed E-state index contributed by atoms with van der Waals surface area (Å²) in [4.78, 5) is 40.2. The fraction of sp³-hybridized carbons (Fsp3) is 0.250. The first-order valence-electron chi connectivity index (χ1n) is 10.3. The third-order valence-corrected chi connectivity index (χ3v) is 5.99. The van der Waals surface area contributed by atoms with Crippen molar-refractivity contribution in [3.8, 4) is 0 Å². The summed E-state index contributed by atoms with van der Waals surface area (Å²) in [5, 5.41) is 13.7. The number of carbonyl (C=O) groups excluding carboxylic acids is 2. The number of rotatable bonds is 9. The number of benzene rings is 2. The summed E-state index contributed by atoms with van der Waals surface area (Å²) in [6, 6.07) is 18.6. The summed E-state index contributed by atoms with van der Waals surface area (Å²) in [5.41, 5.74) is 1.10. The molecule has 32 heavy (non-hydrogen) atoms. The van der Waals surface area contributed by atoms with Crippen molar-refractivity contribution in [3.63, 3.8) is 0 Å². The number of aryl methyl sites for hydroxylation is 1. The van der Waals surface area contributed by atoms with Gasteiger partial charge in [0.15, 0.2) is 0 Å². The summed E-state index contributed by atoms with van der Waals surface area (Å²) < 4.78 is 0. The van der Waals surface area contributed by atoms with Crippen LogP contribution in [0.2, 0.25) is 0 Å². The Balaban J connectivity index is 1.71. The number of hydrogen-bond acceptors (Lipinski definition) is 5. The summed E-state index contributed by atoms with van der Waals surface area (Å²) in [6.45, 7) is 4.62. The second-order valence-corrected chi connectivity index (χ2v) is 8.88. The van der Waals surface area contributed by atoms with Gasteiger partial charge in [-0.3, -0.25) is 19.7 Å². The van der Waals surface area contributed by atoms with E-state index in [-0.39, 0.29) is 17.2 Å². The average Bonchev–Trinajstić information content (AvgIpc) is 3.21. The van der Waals surface area contributed by atoms with E-state index in [1.54, 1.807) is 23.2 Å². The molecule has 7 nitrogen and oxygen atoms in total. The molecule has 0 saturated carbocycles. The number of nitro benzene ring substituents is 1. The van der Waals surface area contributed by atoms with Crippen LogP contribution in [-0.4, -0.2) is 34.2 Å². The molecule has 0 spiro atoms. The molecule has 1 heterocycles. The first-order chi connectivity index (χ1) is 15.3. The highest BCUT2D eigenvalue weighted by Gasteiger charge is 2.24. The van der Waals surface area contributed by atoms with Gasteiger partial charge in [-0.2, -0.15) is 0 Å². The zero-order valence-electron chi connectivity index (χ0n) is 18.0. The molecule has 0 saturated heterocycles. The van der Waals surface area contributed by atoms with E-state index >= 15 is 0 Å². The second-order valence-electron chi connectivity index (χ2n) is 7.51. The van der Waals surface area contributed by atoms with Gasteiger partial charge in [0.25, 0.3) is 11.6 Å². The normalized spacial score (nSPS) is 11.6. The lowest BCUT2D eigenvalue weighted by Crippen LogP contribution is -2.47. The molecule has 2 amide bonds. The monoisotopic (exact) mass is 451 g/mol. The molecule has 1 N–H and O–H groups in total. The van der Waals surface area contributed by atoms with E-state index in [9.17, 15) is 19.7 Å². The van der Waals surface area contributed by atoms with E-state index in [0.29, 0.717) is 19.5 Å². The lowest BCUT2D eigenvalue weighted by molar-refractivity contribution is -0.384. The van der Waals surface area contributed by atoms with Crippen LogP contribution in [0.1, 0.15) is 32.6 Å². The Bertz CT molecular complexity index is 1100. The van der Waals surface area contributed by atoms with Crippen molar-refractivity contribution in [2.24, 2.45) is 0 Å². The van der Waals surface area contributed by atoms with Crippen molar-refractivity contribution in [2.75, 3.05) is 6.54 Å². The van der Waals surface area contributed by atoms with E-state index in [1.165, 1.54) is 29.1 Å². The predicted molar refractivity (Wildman–Crippen MR) is 125 cm³/mol. The smallest absolute Gasteiger partial charge is 0.270 e. The third-order valence-electron chi connectivity index (χ3n) is 5.00. The van der Waals surface area contributed by atoms with Gasteiger partial charge in [-0.05, 0) is 44.0 Å². The number of nitro groups is 1. The first kappa shape index (κ1) is 23.1. The van der Waals surface area contributed by atoms with E-state index in [4.69, 9.17) is 0 Å². The number of non-ortho nitro benzene ring substituents is 1.